The van der Waals surface area contributed by atoms with Gasteiger partial charge in [-0.05, 0) is 52.3 Å². The number of nitrogens with one attached hydrogen (secondary N) is 1. The lowest BCUT2D eigenvalue weighted by molar-refractivity contribution is -0.143. The minimum atomic E-state index is -0.345. The van der Waals surface area contributed by atoms with Crippen molar-refractivity contribution in [3.8, 4) is 0 Å². The first-order valence-electron chi connectivity index (χ1n) is 9.36. The number of nitrogens with zero attached hydrogens (tertiary/aromatic N) is 2. The molecule has 1 saturated carbocycles. The molecular formula is C20H29N3O3. The van der Waals surface area contributed by atoms with Gasteiger partial charge in [-0.2, -0.15) is 0 Å². The van der Waals surface area contributed by atoms with Crippen molar-refractivity contribution in [2.45, 2.75) is 43.7 Å². The van der Waals surface area contributed by atoms with Crippen LogP contribution < -0.4 is 5.32 Å². The summed E-state index contributed by atoms with van der Waals surface area (Å²) in [6, 6.07) is 10.4. The topological polar surface area (TPSA) is 61.9 Å². The molecule has 2 amide bonds. The van der Waals surface area contributed by atoms with E-state index >= 15 is 0 Å². The van der Waals surface area contributed by atoms with Gasteiger partial charge in [0.25, 0.3) is 0 Å². The number of hydrogen-bond acceptors (Lipinski definition) is 4. The second kappa shape index (κ2) is 7.27. The lowest BCUT2D eigenvalue weighted by Crippen LogP contribution is -2.54. The fourth-order valence-corrected chi connectivity index (χ4v) is 4.44. The van der Waals surface area contributed by atoms with Gasteiger partial charge in [0.05, 0.1) is 12.1 Å². The summed E-state index contributed by atoms with van der Waals surface area (Å²) in [4.78, 5) is 28.0. The molecule has 6 heteroatoms. The van der Waals surface area contributed by atoms with Crippen LogP contribution in [0.25, 0.3) is 0 Å². The van der Waals surface area contributed by atoms with Crippen molar-refractivity contribution in [3.63, 3.8) is 0 Å². The molecule has 0 bridgehead atoms. The van der Waals surface area contributed by atoms with Crippen LogP contribution in [0.5, 0.6) is 0 Å². The zero-order chi connectivity index (χ0) is 18.8. The minimum absolute atomic E-state index is 0.00814. The molecule has 1 heterocycles. The van der Waals surface area contributed by atoms with E-state index in [4.69, 9.17) is 4.74 Å². The largest absolute Gasteiger partial charge is 0.465 e. The first-order valence-corrected chi connectivity index (χ1v) is 9.36. The fourth-order valence-electron chi connectivity index (χ4n) is 4.44. The monoisotopic (exact) mass is 359 g/mol. The van der Waals surface area contributed by atoms with Crippen LogP contribution in [-0.2, 0) is 15.1 Å². The summed E-state index contributed by atoms with van der Waals surface area (Å²) in [7, 11) is 4.26. The number of esters is 1. The highest BCUT2D eigenvalue weighted by atomic mass is 16.5. The molecule has 1 spiro atoms. The number of carbonyl (C=O) groups is 2. The molecule has 26 heavy (non-hydrogen) atoms. The predicted octanol–water partition coefficient (Wildman–Crippen LogP) is 2.34. The number of amides is 2. The molecule has 142 valence electrons. The van der Waals surface area contributed by atoms with Gasteiger partial charge in [-0.25, -0.2) is 4.79 Å². The fraction of sp³-hybridized carbons (Fsp3) is 0.600. The Hall–Kier alpha value is -2.08. The molecule has 1 saturated heterocycles. The van der Waals surface area contributed by atoms with Crippen LogP contribution in [0.1, 0.15) is 38.2 Å². The van der Waals surface area contributed by atoms with Crippen molar-refractivity contribution in [3.05, 3.63) is 35.9 Å². The van der Waals surface area contributed by atoms with E-state index in [2.05, 4.69) is 48.6 Å². The molecular weight excluding hydrogens is 330 g/mol. The molecule has 3 rings (SSSR count). The maximum absolute atomic E-state index is 12.3. The second-order valence-electron chi connectivity index (χ2n) is 7.66. The molecule has 1 aromatic rings. The van der Waals surface area contributed by atoms with Gasteiger partial charge in [-0.15, -0.1) is 0 Å². The van der Waals surface area contributed by atoms with E-state index in [0.717, 1.165) is 25.7 Å². The lowest BCUT2D eigenvalue weighted by atomic mass is 9.69. The Morgan fingerprint density at radius 2 is 1.85 bits per heavy atom. The first-order chi connectivity index (χ1) is 12.4. The summed E-state index contributed by atoms with van der Waals surface area (Å²) in [5, 5.41) is 3.16. The van der Waals surface area contributed by atoms with Crippen molar-refractivity contribution in [2.24, 2.45) is 0 Å². The lowest BCUT2D eigenvalue weighted by Gasteiger charge is -2.48. The second-order valence-corrected chi connectivity index (χ2v) is 7.66. The smallest absolute Gasteiger partial charge is 0.325 e. The van der Waals surface area contributed by atoms with Crippen molar-refractivity contribution < 1.29 is 14.3 Å². The molecule has 0 radical (unpaired) electrons. The SMILES string of the molecule is CCOC(=O)CN1CC2(CCC(c3ccccc3)(N(C)C)CC2)NC1=O. The van der Waals surface area contributed by atoms with Crippen LogP contribution in [0.2, 0.25) is 0 Å². The highest BCUT2D eigenvalue weighted by Gasteiger charge is 2.50. The Labute approximate surface area is 155 Å². The van der Waals surface area contributed by atoms with E-state index in [9.17, 15) is 9.59 Å². The molecule has 1 aromatic carbocycles. The summed E-state index contributed by atoms with van der Waals surface area (Å²) in [6.45, 7) is 2.71. The summed E-state index contributed by atoms with van der Waals surface area (Å²) in [5.41, 5.74) is 1.08. The van der Waals surface area contributed by atoms with E-state index in [1.807, 2.05) is 6.07 Å². The van der Waals surface area contributed by atoms with Crippen molar-refractivity contribution in [1.82, 2.24) is 15.1 Å². The van der Waals surface area contributed by atoms with Crippen molar-refractivity contribution in [2.75, 3.05) is 33.8 Å². The first kappa shape index (κ1) is 18.7. The molecule has 2 fully saturated rings. The van der Waals surface area contributed by atoms with Crippen LogP contribution in [0, 0.1) is 0 Å². The quantitative estimate of drug-likeness (QED) is 0.820. The van der Waals surface area contributed by atoms with Crippen molar-refractivity contribution >= 4 is 12.0 Å². The van der Waals surface area contributed by atoms with Gasteiger partial charge in [0.2, 0.25) is 0 Å². The number of urea groups is 1. The van der Waals surface area contributed by atoms with Crippen LogP contribution in [-0.4, -0.2) is 61.1 Å². The highest BCUT2D eigenvalue weighted by molar-refractivity contribution is 5.83. The zero-order valence-electron chi connectivity index (χ0n) is 16.0. The van der Waals surface area contributed by atoms with Crippen LogP contribution in [0.4, 0.5) is 4.79 Å². The Balaban J connectivity index is 1.71. The molecule has 1 aliphatic carbocycles. The third-order valence-electron chi connectivity index (χ3n) is 5.98. The van der Waals surface area contributed by atoms with Gasteiger partial charge in [0.15, 0.2) is 0 Å². The van der Waals surface area contributed by atoms with Crippen LogP contribution in [0.3, 0.4) is 0 Å². The van der Waals surface area contributed by atoms with E-state index < -0.39 is 0 Å². The number of rotatable bonds is 5. The van der Waals surface area contributed by atoms with Gasteiger partial charge < -0.3 is 15.0 Å². The summed E-state index contributed by atoms with van der Waals surface area (Å²) in [5.74, 6) is -0.345. The third-order valence-corrected chi connectivity index (χ3v) is 5.98. The van der Waals surface area contributed by atoms with E-state index in [1.165, 1.54) is 5.56 Å². The van der Waals surface area contributed by atoms with Gasteiger partial charge in [0.1, 0.15) is 6.54 Å². The molecule has 6 nitrogen and oxygen atoms in total. The molecule has 0 atom stereocenters. The Morgan fingerprint density at radius 3 is 2.42 bits per heavy atom. The zero-order valence-corrected chi connectivity index (χ0v) is 16.0. The maximum Gasteiger partial charge on any atom is 0.325 e. The standard InChI is InChI=1S/C20H29N3O3/c1-4-26-17(24)14-23-15-19(21-18(23)25)10-12-20(13-11-19,22(2)3)16-8-6-5-7-9-16/h5-9H,4,10-15H2,1-3H3,(H,21,25). The van der Waals surface area contributed by atoms with Crippen LogP contribution >= 0.6 is 0 Å². The molecule has 1 aliphatic heterocycles. The van der Waals surface area contributed by atoms with E-state index in [0.29, 0.717) is 13.2 Å². The Kier molecular flexibility index (Phi) is 5.23. The normalized spacial score (nSPS) is 28.5. The highest BCUT2D eigenvalue weighted by Crippen LogP contribution is 2.45. The van der Waals surface area contributed by atoms with Gasteiger partial charge in [-0.3, -0.25) is 9.69 Å². The molecule has 0 unspecified atom stereocenters. The molecule has 1 N–H and O–H groups in total. The van der Waals surface area contributed by atoms with Gasteiger partial charge >= 0.3 is 12.0 Å². The Morgan fingerprint density at radius 1 is 1.19 bits per heavy atom. The average Bonchev–Trinajstić information content (AvgIpc) is 2.91. The van der Waals surface area contributed by atoms with E-state index in [1.54, 1.807) is 11.8 Å². The Bertz CT molecular complexity index is 652. The van der Waals surface area contributed by atoms with Crippen molar-refractivity contribution in [1.29, 1.82) is 0 Å². The minimum Gasteiger partial charge on any atom is -0.465 e. The van der Waals surface area contributed by atoms with Crippen LogP contribution in [0.15, 0.2) is 30.3 Å². The third kappa shape index (κ3) is 3.43. The molecule has 2 aliphatic rings. The number of benzene rings is 1. The van der Waals surface area contributed by atoms with Gasteiger partial charge in [0, 0.05) is 12.1 Å². The summed E-state index contributed by atoms with van der Waals surface area (Å²) < 4.78 is 4.98. The molecule has 0 aromatic heterocycles. The summed E-state index contributed by atoms with van der Waals surface area (Å²) in [6.07, 6.45) is 3.73. The van der Waals surface area contributed by atoms with Gasteiger partial charge in [-0.1, -0.05) is 30.3 Å². The van der Waals surface area contributed by atoms with E-state index in [-0.39, 0.29) is 29.6 Å². The number of hydrogen-bond donors (Lipinski definition) is 1. The average molecular weight is 359 g/mol. The number of ether oxygens (including phenoxy) is 1. The predicted molar refractivity (Wildman–Crippen MR) is 99.7 cm³/mol. The number of carbonyl (C=O) groups excluding carboxylic acids is 2. The summed E-state index contributed by atoms with van der Waals surface area (Å²) >= 11 is 0. The maximum atomic E-state index is 12.3.